The molecule has 0 unspecified atom stereocenters. The monoisotopic (exact) mass is 440 g/mol. The van der Waals surface area contributed by atoms with Crippen LogP contribution in [0.4, 0.5) is 11.4 Å². The molecule has 0 saturated carbocycles. The highest BCUT2D eigenvalue weighted by Gasteiger charge is 2.26. The Bertz CT molecular complexity index is 830. The summed E-state index contributed by atoms with van der Waals surface area (Å²) in [6.07, 6.45) is 4.71. The Morgan fingerprint density at radius 3 is 1.75 bits per heavy atom. The first-order valence-electron chi connectivity index (χ1n) is 11.5. The molecule has 6 nitrogen and oxygen atoms in total. The molecular formula is C26H36N2O4. The van der Waals surface area contributed by atoms with Crippen molar-refractivity contribution in [3.05, 3.63) is 48.5 Å². The summed E-state index contributed by atoms with van der Waals surface area (Å²) in [6.45, 7) is 9.60. The summed E-state index contributed by atoms with van der Waals surface area (Å²) >= 11 is 0. The minimum atomic E-state index is -0.389. The number of esters is 1. The van der Waals surface area contributed by atoms with Crippen LogP contribution < -0.4 is 9.47 Å². The van der Waals surface area contributed by atoms with E-state index in [1.54, 1.807) is 0 Å². The van der Waals surface area contributed by atoms with Crippen LogP contribution in [0.15, 0.2) is 58.8 Å². The van der Waals surface area contributed by atoms with Crippen molar-refractivity contribution in [1.82, 2.24) is 0 Å². The van der Waals surface area contributed by atoms with Gasteiger partial charge in [-0.1, -0.05) is 6.92 Å². The number of carbonyl (C=O) groups excluding carboxylic acids is 1. The molecule has 6 heteroatoms. The summed E-state index contributed by atoms with van der Waals surface area (Å²) in [5.41, 5.74) is 1.16. The highest BCUT2D eigenvalue weighted by Crippen LogP contribution is 2.24. The second-order valence-corrected chi connectivity index (χ2v) is 8.26. The van der Waals surface area contributed by atoms with E-state index in [-0.39, 0.29) is 11.4 Å². The number of azo groups is 1. The van der Waals surface area contributed by atoms with Crippen LogP contribution in [-0.4, -0.2) is 25.8 Å². The maximum atomic E-state index is 11.9. The van der Waals surface area contributed by atoms with E-state index < -0.39 is 0 Å². The molecule has 2 rings (SSSR count). The summed E-state index contributed by atoms with van der Waals surface area (Å²) in [6, 6.07) is 15.1. The predicted octanol–water partition coefficient (Wildman–Crippen LogP) is 7.42. The van der Waals surface area contributed by atoms with Crippen molar-refractivity contribution in [3.8, 4) is 11.5 Å². The third kappa shape index (κ3) is 9.08. The Hall–Kier alpha value is -2.89. The van der Waals surface area contributed by atoms with Crippen LogP contribution in [0.3, 0.4) is 0 Å². The van der Waals surface area contributed by atoms with Crippen molar-refractivity contribution in [2.45, 2.75) is 59.8 Å². The average Bonchev–Trinajstić information content (AvgIpc) is 2.81. The Labute approximate surface area is 192 Å². The van der Waals surface area contributed by atoms with Crippen LogP contribution in [0.1, 0.15) is 59.8 Å². The van der Waals surface area contributed by atoms with Crippen LogP contribution in [0.5, 0.6) is 11.5 Å². The second kappa shape index (κ2) is 13.5. The van der Waals surface area contributed by atoms with Gasteiger partial charge in [-0.3, -0.25) is 4.79 Å². The fourth-order valence-corrected chi connectivity index (χ4v) is 2.75. The Kier molecular flexibility index (Phi) is 10.7. The van der Waals surface area contributed by atoms with E-state index in [1.165, 1.54) is 0 Å². The van der Waals surface area contributed by atoms with Crippen LogP contribution in [-0.2, 0) is 9.53 Å². The number of unbranched alkanes of at least 4 members (excludes halogenated alkanes) is 3. The van der Waals surface area contributed by atoms with E-state index in [2.05, 4.69) is 10.2 Å². The summed E-state index contributed by atoms with van der Waals surface area (Å²) in [7, 11) is 0. The van der Waals surface area contributed by atoms with Gasteiger partial charge in [-0.2, -0.15) is 10.2 Å². The fraction of sp³-hybridized carbons (Fsp3) is 0.500. The zero-order valence-corrected chi connectivity index (χ0v) is 19.8. The standard InChI is InChI=1S/C26H36N2O4/c1-5-26(3,4)25(29)32-20-10-8-7-9-19-31-24-17-13-22(14-18-24)28-27-21-11-15-23(16-12-21)30-6-2/h11-18H,5-10,19-20H2,1-4H3. The van der Waals surface area contributed by atoms with E-state index in [0.717, 1.165) is 55.0 Å². The molecule has 0 aliphatic heterocycles. The van der Waals surface area contributed by atoms with Gasteiger partial charge in [0.2, 0.25) is 0 Å². The molecule has 0 bridgehead atoms. The fourth-order valence-electron chi connectivity index (χ4n) is 2.75. The molecule has 0 heterocycles. The molecule has 2 aromatic rings. The van der Waals surface area contributed by atoms with Gasteiger partial charge in [0.05, 0.1) is 36.6 Å². The number of rotatable bonds is 14. The third-order valence-electron chi connectivity index (χ3n) is 5.24. The molecule has 0 saturated heterocycles. The zero-order chi connectivity index (χ0) is 23.2. The average molecular weight is 441 g/mol. The highest BCUT2D eigenvalue weighted by molar-refractivity contribution is 5.75. The second-order valence-electron chi connectivity index (χ2n) is 8.26. The number of hydrogen-bond donors (Lipinski definition) is 0. The number of benzene rings is 2. The first-order chi connectivity index (χ1) is 15.4. The Morgan fingerprint density at radius 2 is 1.25 bits per heavy atom. The van der Waals surface area contributed by atoms with Crippen molar-refractivity contribution in [2.24, 2.45) is 15.6 Å². The lowest BCUT2D eigenvalue weighted by molar-refractivity contribution is -0.154. The van der Waals surface area contributed by atoms with Gasteiger partial charge in [-0.05, 0) is 101 Å². The van der Waals surface area contributed by atoms with Gasteiger partial charge in [0, 0.05) is 0 Å². The predicted molar refractivity (Wildman–Crippen MR) is 127 cm³/mol. The molecule has 0 radical (unpaired) electrons. The van der Waals surface area contributed by atoms with Gasteiger partial charge < -0.3 is 14.2 Å². The van der Waals surface area contributed by atoms with Crippen molar-refractivity contribution in [3.63, 3.8) is 0 Å². The number of carbonyl (C=O) groups is 1. The Balaban J connectivity index is 1.60. The largest absolute Gasteiger partial charge is 0.494 e. The molecular weight excluding hydrogens is 404 g/mol. The van der Waals surface area contributed by atoms with E-state index in [4.69, 9.17) is 14.2 Å². The molecule has 0 aromatic heterocycles. The lowest BCUT2D eigenvalue weighted by Gasteiger charge is -2.20. The maximum Gasteiger partial charge on any atom is 0.311 e. The van der Waals surface area contributed by atoms with Crippen molar-refractivity contribution in [1.29, 1.82) is 0 Å². The summed E-state index contributed by atoms with van der Waals surface area (Å²) in [4.78, 5) is 11.9. The third-order valence-corrected chi connectivity index (χ3v) is 5.24. The van der Waals surface area contributed by atoms with E-state index in [0.29, 0.717) is 19.8 Å². The van der Waals surface area contributed by atoms with E-state index >= 15 is 0 Å². The normalized spacial score (nSPS) is 11.5. The van der Waals surface area contributed by atoms with Gasteiger partial charge in [-0.15, -0.1) is 0 Å². The zero-order valence-electron chi connectivity index (χ0n) is 19.8. The van der Waals surface area contributed by atoms with Crippen LogP contribution >= 0.6 is 0 Å². The molecule has 0 aliphatic rings. The van der Waals surface area contributed by atoms with Crippen molar-refractivity contribution in [2.75, 3.05) is 19.8 Å². The maximum absolute atomic E-state index is 11.9. The van der Waals surface area contributed by atoms with Crippen molar-refractivity contribution >= 4 is 17.3 Å². The van der Waals surface area contributed by atoms with Gasteiger partial charge in [0.15, 0.2) is 0 Å². The summed E-state index contributed by atoms with van der Waals surface area (Å²) < 4.78 is 16.6. The number of nitrogens with zero attached hydrogens (tertiary/aromatic N) is 2. The lowest BCUT2D eigenvalue weighted by atomic mass is 9.91. The molecule has 32 heavy (non-hydrogen) atoms. The molecule has 2 aromatic carbocycles. The lowest BCUT2D eigenvalue weighted by Crippen LogP contribution is -2.26. The summed E-state index contributed by atoms with van der Waals surface area (Å²) in [5, 5.41) is 8.50. The first-order valence-corrected chi connectivity index (χ1v) is 11.5. The highest BCUT2D eigenvalue weighted by atomic mass is 16.5. The van der Waals surface area contributed by atoms with Gasteiger partial charge >= 0.3 is 5.97 Å². The van der Waals surface area contributed by atoms with Crippen LogP contribution in [0.2, 0.25) is 0 Å². The quantitative estimate of drug-likeness (QED) is 0.174. The topological polar surface area (TPSA) is 69.5 Å². The number of ether oxygens (including phenoxy) is 3. The van der Waals surface area contributed by atoms with Crippen LogP contribution in [0.25, 0.3) is 0 Å². The molecule has 0 fully saturated rings. The van der Waals surface area contributed by atoms with Crippen molar-refractivity contribution < 1.29 is 19.0 Å². The van der Waals surface area contributed by atoms with Gasteiger partial charge in [0.25, 0.3) is 0 Å². The van der Waals surface area contributed by atoms with Crippen LogP contribution in [0, 0.1) is 5.41 Å². The Morgan fingerprint density at radius 1 is 0.750 bits per heavy atom. The molecule has 0 spiro atoms. The minimum Gasteiger partial charge on any atom is -0.494 e. The first kappa shape index (κ1) is 25.4. The molecule has 0 atom stereocenters. The SMILES string of the molecule is CCOc1ccc(N=Nc2ccc(OCCCCCCOC(=O)C(C)(C)CC)cc2)cc1. The summed E-state index contributed by atoms with van der Waals surface area (Å²) in [5.74, 6) is 1.54. The van der Waals surface area contributed by atoms with Gasteiger partial charge in [0.1, 0.15) is 11.5 Å². The van der Waals surface area contributed by atoms with E-state index in [1.807, 2.05) is 76.2 Å². The van der Waals surface area contributed by atoms with Gasteiger partial charge in [-0.25, -0.2) is 0 Å². The molecule has 0 aliphatic carbocycles. The molecule has 0 N–H and O–H groups in total. The number of hydrogen-bond acceptors (Lipinski definition) is 6. The smallest absolute Gasteiger partial charge is 0.311 e. The molecule has 0 amide bonds. The minimum absolute atomic E-state index is 0.106. The van der Waals surface area contributed by atoms with E-state index in [9.17, 15) is 4.79 Å². The molecule has 174 valence electrons.